The lowest BCUT2D eigenvalue weighted by Crippen LogP contribution is -2.24. The lowest BCUT2D eigenvalue weighted by atomic mass is 10.1. The molecule has 0 unspecified atom stereocenters. The first-order valence-electron chi connectivity index (χ1n) is 4.57. The molecule has 0 aromatic carbocycles. The van der Waals surface area contributed by atoms with Gasteiger partial charge in [0.25, 0.3) is 5.91 Å². The molecule has 0 saturated heterocycles. The summed E-state index contributed by atoms with van der Waals surface area (Å²) in [5, 5.41) is 18.3. The molecule has 0 radical (unpaired) electrons. The molecule has 1 aromatic rings. The number of anilines is 1. The summed E-state index contributed by atoms with van der Waals surface area (Å²) in [6, 6.07) is 0. The number of hydrogen-bond acceptors (Lipinski definition) is 7. The molecule has 0 saturated carbocycles. The molecular formula is C9H9N3O5S. The zero-order valence-electron chi connectivity index (χ0n) is 9.46. The summed E-state index contributed by atoms with van der Waals surface area (Å²) in [6.45, 7) is 1.19. The number of aliphatic carboxylic acids is 1. The highest BCUT2D eigenvalue weighted by molar-refractivity contribution is 7.13. The molecule has 2 N–H and O–H groups in total. The zero-order chi connectivity index (χ0) is 13.7. The first-order valence-corrected chi connectivity index (χ1v) is 5.45. The quantitative estimate of drug-likeness (QED) is 0.343. The number of carbonyl (C=O) groups is 3. The van der Waals surface area contributed by atoms with Gasteiger partial charge in [-0.2, -0.15) is 0 Å². The van der Waals surface area contributed by atoms with Crippen molar-refractivity contribution in [3.63, 3.8) is 0 Å². The molecule has 0 spiro atoms. The fraction of sp³-hybridized carbons (Fsp3) is 0.222. The molecule has 0 aliphatic carbocycles. The fourth-order valence-electron chi connectivity index (χ4n) is 1.07. The van der Waals surface area contributed by atoms with E-state index in [0.717, 1.165) is 18.4 Å². The van der Waals surface area contributed by atoms with E-state index in [1.54, 1.807) is 0 Å². The van der Waals surface area contributed by atoms with Crippen LogP contribution in [0.15, 0.2) is 16.7 Å². The molecule has 0 atom stereocenters. The van der Waals surface area contributed by atoms with Gasteiger partial charge in [-0.15, -0.1) is 10.2 Å². The van der Waals surface area contributed by atoms with E-state index in [9.17, 15) is 14.4 Å². The molecule has 1 heterocycles. The number of ether oxygens (including phenoxy) is 1. The lowest BCUT2D eigenvalue weighted by Gasteiger charge is -2.05. The molecule has 0 bridgehead atoms. The van der Waals surface area contributed by atoms with Gasteiger partial charge in [0.15, 0.2) is 0 Å². The Balaban J connectivity index is 3.03. The summed E-state index contributed by atoms with van der Waals surface area (Å²) in [4.78, 5) is 33.9. The molecule has 1 amide bonds. The number of methoxy groups -OCH3 is 1. The van der Waals surface area contributed by atoms with Crippen molar-refractivity contribution in [1.82, 2.24) is 10.2 Å². The van der Waals surface area contributed by atoms with Crippen molar-refractivity contribution in [3.05, 3.63) is 16.7 Å². The minimum atomic E-state index is -1.53. The Kier molecular flexibility index (Phi) is 4.49. The van der Waals surface area contributed by atoms with Gasteiger partial charge in [0, 0.05) is 0 Å². The standard InChI is InChI=1S/C9H9N3O5S/c1-4(8(16)17-2)5(7(14)15)6(13)11-9-12-10-3-18-9/h3H,1-2H3,(H,14,15)(H,11,12,13)/b5-4+. The van der Waals surface area contributed by atoms with Crippen molar-refractivity contribution >= 4 is 34.3 Å². The molecule has 0 aliphatic rings. The first kappa shape index (κ1) is 13.8. The van der Waals surface area contributed by atoms with E-state index in [-0.39, 0.29) is 10.7 Å². The predicted octanol–water partition coefficient (Wildman–Crippen LogP) is 0.0507. The normalized spacial score (nSPS) is 11.4. The van der Waals surface area contributed by atoms with Crippen LogP contribution >= 0.6 is 11.3 Å². The summed E-state index contributed by atoms with van der Waals surface area (Å²) < 4.78 is 4.36. The topological polar surface area (TPSA) is 118 Å². The molecular weight excluding hydrogens is 262 g/mol. The summed E-state index contributed by atoms with van der Waals surface area (Å²) in [7, 11) is 1.09. The Labute approximate surface area is 105 Å². The van der Waals surface area contributed by atoms with E-state index in [1.807, 2.05) is 0 Å². The summed E-state index contributed by atoms with van der Waals surface area (Å²) in [5.41, 5.74) is 0.372. The van der Waals surface area contributed by atoms with E-state index < -0.39 is 23.4 Å². The molecule has 8 nitrogen and oxygen atoms in total. The SMILES string of the molecule is COC(=O)/C(C)=C(/C(=O)O)C(=O)Nc1nncs1. The van der Waals surface area contributed by atoms with Crippen molar-refractivity contribution in [1.29, 1.82) is 0 Å². The molecule has 9 heteroatoms. The molecule has 96 valence electrons. The van der Waals surface area contributed by atoms with Gasteiger partial charge in [0.1, 0.15) is 11.1 Å². The van der Waals surface area contributed by atoms with E-state index in [4.69, 9.17) is 5.11 Å². The average molecular weight is 271 g/mol. The van der Waals surface area contributed by atoms with E-state index in [2.05, 4.69) is 20.3 Å². The maximum atomic E-state index is 11.7. The maximum Gasteiger partial charge on any atom is 0.341 e. The third kappa shape index (κ3) is 3.10. The zero-order valence-corrected chi connectivity index (χ0v) is 10.3. The number of amides is 1. The number of hydrogen-bond donors (Lipinski definition) is 2. The van der Waals surface area contributed by atoms with Crippen LogP contribution in [0.3, 0.4) is 0 Å². The summed E-state index contributed by atoms with van der Waals surface area (Å²) >= 11 is 1.02. The number of rotatable bonds is 4. The van der Waals surface area contributed by atoms with Crippen LogP contribution in [0.4, 0.5) is 5.13 Å². The maximum absolute atomic E-state index is 11.7. The highest BCUT2D eigenvalue weighted by Crippen LogP contribution is 2.13. The lowest BCUT2D eigenvalue weighted by molar-refractivity contribution is -0.139. The largest absolute Gasteiger partial charge is 0.477 e. The number of carboxylic acid groups (broad SMARTS) is 1. The average Bonchev–Trinajstić information content (AvgIpc) is 2.80. The second-order valence-corrected chi connectivity index (χ2v) is 3.83. The van der Waals surface area contributed by atoms with Crippen molar-refractivity contribution in [3.8, 4) is 0 Å². The summed E-state index contributed by atoms with van der Waals surface area (Å²) in [6.07, 6.45) is 0. The summed E-state index contributed by atoms with van der Waals surface area (Å²) in [5.74, 6) is -3.37. The first-order chi connectivity index (χ1) is 8.47. The monoisotopic (exact) mass is 271 g/mol. The minimum absolute atomic E-state index is 0.136. The van der Waals surface area contributed by atoms with Gasteiger partial charge in [-0.3, -0.25) is 10.1 Å². The molecule has 0 aliphatic heterocycles. The molecule has 1 aromatic heterocycles. The number of aromatic nitrogens is 2. The van der Waals surface area contributed by atoms with Crippen molar-refractivity contribution in [2.24, 2.45) is 0 Å². The Morgan fingerprint density at radius 2 is 2.11 bits per heavy atom. The van der Waals surface area contributed by atoms with Crippen LogP contribution in [-0.4, -0.2) is 40.3 Å². The number of nitrogens with zero attached hydrogens (tertiary/aromatic N) is 2. The fourth-order valence-corrected chi connectivity index (χ4v) is 1.51. The second-order valence-electron chi connectivity index (χ2n) is 2.99. The van der Waals surface area contributed by atoms with Gasteiger partial charge >= 0.3 is 11.9 Å². The smallest absolute Gasteiger partial charge is 0.341 e. The van der Waals surface area contributed by atoms with Crippen molar-refractivity contribution in [2.45, 2.75) is 6.92 Å². The van der Waals surface area contributed by atoms with Crippen LogP contribution in [0.5, 0.6) is 0 Å². The van der Waals surface area contributed by atoms with E-state index >= 15 is 0 Å². The molecule has 0 fully saturated rings. The van der Waals surface area contributed by atoms with Crippen molar-refractivity contribution in [2.75, 3.05) is 12.4 Å². The Morgan fingerprint density at radius 3 is 2.56 bits per heavy atom. The Bertz CT molecular complexity index is 508. The van der Waals surface area contributed by atoms with Gasteiger partial charge in [0.2, 0.25) is 5.13 Å². The van der Waals surface area contributed by atoms with E-state index in [0.29, 0.717) is 0 Å². The van der Waals surface area contributed by atoms with Crippen LogP contribution < -0.4 is 5.32 Å². The third-order valence-corrected chi connectivity index (χ3v) is 2.49. The highest BCUT2D eigenvalue weighted by atomic mass is 32.1. The van der Waals surface area contributed by atoms with Crippen LogP contribution in [0, 0.1) is 0 Å². The van der Waals surface area contributed by atoms with Gasteiger partial charge in [0.05, 0.1) is 12.7 Å². The number of carbonyl (C=O) groups excluding carboxylic acids is 2. The number of carboxylic acids is 1. The minimum Gasteiger partial charge on any atom is -0.477 e. The number of esters is 1. The van der Waals surface area contributed by atoms with Crippen molar-refractivity contribution < 1.29 is 24.2 Å². The van der Waals surface area contributed by atoms with E-state index in [1.165, 1.54) is 12.4 Å². The Hall–Kier alpha value is -2.29. The van der Waals surface area contributed by atoms with Crippen LogP contribution in [-0.2, 0) is 19.1 Å². The third-order valence-electron chi connectivity index (χ3n) is 1.89. The van der Waals surface area contributed by atoms with Gasteiger partial charge < -0.3 is 9.84 Å². The highest BCUT2D eigenvalue weighted by Gasteiger charge is 2.25. The van der Waals surface area contributed by atoms with Gasteiger partial charge in [-0.05, 0) is 6.92 Å². The molecule has 18 heavy (non-hydrogen) atoms. The van der Waals surface area contributed by atoms with Crippen LogP contribution in [0.25, 0.3) is 0 Å². The molecule has 1 rings (SSSR count). The second kappa shape index (κ2) is 5.87. The van der Waals surface area contributed by atoms with Gasteiger partial charge in [-0.1, -0.05) is 11.3 Å². The number of nitrogens with one attached hydrogen (secondary N) is 1. The Morgan fingerprint density at radius 1 is 1.44 bits per heavy atom. The van der Waals surface area contributed by atoms with Gasteiger partial charge in [-0.25, -0.2) is 9.59 Å². The van der Waals surface area contributed by atoms with Crippen LogP contribution in [0.2, 0.25) is 0 Å². The van der Waals surface area contributed by atoms with Crippen LogP contribution in [0.1, 0.15) is 6.92 Å². The predicted molar refractivity (Wildman–Crippen MR) is 60.9 cm³/mol.